The lowest BCUT2D eigenvalue weighted by atomic mass is 10.3. The van der Waals surface area contributed by atoms with E-state index in [0.29, 0.717) is 6.54 Å². The van der Waals surface area contributed by atoms with Gasteiger partial charge in [-0.2, -0.15) is 0 Å². The van der Waals surface area contributed by atoms with Crippen LogP contribution in [0, 0.1) is 0 Å². The third kappa shape index (κ3) is 5.06. The second-order valence-corrected chi connectivity index (χ2v) is 7.64. The number of nitrogens with zero attached hydrogens (tertiary/aromatic N) is 4. The maximum absolute atomic E-state index is 11.2. The molecule has 120 valence electrons. The second kappa shape index (κ2) is 6.87. The zero-order chi connectivity index (χ0) is 15.5. The highest BCUT2D eigenvalue weighted by Crippen LogP contribution is 2.11. The van der Waals surface area contributed by atoms with Crippen molar-refractivity contribution in [2.45, 2.75) is 19.5 Å². The molecule has 0 saturated carbocycles. The molecule has 0 aromatic carbocycles. The second-order valence-electron chi connectivity index (χ2n) is 5.81. The average molecular weight is 315 g/mol. The fourth-order valence-corrected chi connectivity index (χ4v) is 2.86. The first-order valence-electron chi connectivity index (χ1n) is 7.20. The van der Waals surface area contributed by atoms with E-state index in [9.17, 15) is 8.42 Å². The Morgan fingerprint density at radius 3 is 2.76 bits per heavy atom. The van der Waals surface area contributed by atoms with Gasteiger partial charge in [-0.1, -0.05) is 0 Å². The van der Waals surface area contributed by atoms with Crippen molar-refractivity contribution in [1.29, 1.82) is 0 Å². The van der Waals surface area contributed by atoms with Crippen LogP contribution in [0.25, 0.3) is 0 Å². The van der Waals surface area contributed by atoms with Crippen molar-refractivity contribution in [1.82, 2.24) is 24.1 Å². The molecular formula is C13H25N5O2S. The highest BCUT2D eigenvalue weighted by molar-refractivity contribution is 7.88. The van der Waals surface area contributed by atoms with Crippen LogP contribution in [0.5, 0.6) is 0 Å². The van der Waals surface area contributed by atoms with Crippen LogP contribution in [0.2, 0.25) is 0 Å². The third-order valence-electron chi connectivity index (χ3n) is 3.69. The Bertz CT molecular complexity index is 567. The molecule has 1 N–H and O–H groups in total. The largest absolute Gasteiger partial charge is 0.329 e. The van der Waals surface area contributed by atoms with Crippen molar-refractivity contribution in [3.8, 4) is 0 Å². The lowest BCUT2D eigenvalue weighted by Gasteiger charge is -2.21. The van der Waals surface area contributed by atoms with Gasteiger partial charge in [0.1, 0.15) is 5.82 Å². The van der Waals surface area contributed by atoms with E-state index >= 15 is 0 Å². The highest BCUT2D eigenvalue weighted by Gasteiger charge is 2.17. The highest BCUT2D eigenvalue weighted by atomic mass is 32.2. The van der Waals surface area contributed by atoms with E-state index in [1.165, 1.54) is 6.26 Å². The Morgan fingerprint density at radius 1 is 1.33 bits per heavy atom. The number of sulfonamides is 1. The molecular weight excluding hydrogens is 290 g/mol. The Morgan fingerprint density at radius 2 is 2.10 bits per heavy atom. The van der Waals surface area contributed by atoms with Gasteiger partial charge in [-0.15, -0.1) is 0 Å². The lowest BCUT2D eigenvalue weighted by Crippen LogP contribution is -2.34. The molecule has 2 heterocycles. The van der Waals surface area contributed by atoms with Gasteiger partial charge in [0.25, 0.3) is 0 Å². The summed E-state index contributed by atoms with van der Waals surface area (Å²) in [5.41, 5.74) is 0.935. The molecule has 1 aromatic rings. The van der Waals surface area contributed by atoms with Crippen LogP contribution in [-0.2, 0) is 29.5 Å². The van der Waals surface area contributed by atoms with Crippen molar-refractivity contribution in [3.63, 3.8) is 0 Å². The fourth-order valence-electron chi connectivity index (χ4n) is 2.45. The Hall–Kier alpha value is -0.960. The molecule has 0 atom stereocenters. The lowest BCUT2D eigenvalue weighted by molar-refractivity contribution is 0.244. The summed E-state index contributed by atoms with van der Waals surface area (Å²) in [6.45, 7) is 5.25. The van der Waals surface area contributed by atoms with E-state index in [0.717, 1.165) is 50.7 Å². The normalized spacial score (nSPS) is 17.0. The molecule has 0 fully saturated rings. The number of rotatable bonds is 6. The molecule has 2 rings (SSSR count). The molecule has 1 aliphatic rings. The fraction of sp³-hybridized carbons (Fsp3) is 0.769. The minimum Gasteiger partial charge on any atom is -0.329 e. The number of nitrogens with one attached hydrogen (secondary N) is 1. The van der Waals surface area contributed by atoms with Crippen LogP contribution >= 0.6 is 0 Å². The predicted molar refractivity (Wildman–Crippen MR) is 82.6 cm³/mol. The molecule has 1 aliphatic heterocycles. The Labute approximate surface area is 127 Å². The van der Waals surface area contributed by atoms with E-state index in [1.54, 1.807) is 6.20 Å². The van der Waals surface area contributed by atoms with Gasteiger partial charge in [0.15, 0.2) is 0 Å². The van der Waals surface area contributed by atoms with Gasteiger partial charge in [0.2, 0.25) is 10.0 Å². The monoisotopic (exact) mass is 315 g/mol. The third-order valence-corrected chi connectivity index (χ3v) is 4.36. The number of fused-ring (bicyclic) bond motifs is 1. The van der Waals surface area contributed by atoms with E-state index in [-0.39, 0.29) is 0 Å². The Kier molecular flexibility index (Phi) is 5.37. The number of aromatic nitrogens is 2. The molecule has 7 nitrogen and oxygen atoms in total. The average Bonchev–Trinajstić information content (AvgIpc) is 2.65. The van der Waals surface area contributed by atoms with Gasteiger partial charge in [-0.25, -0.2) is 18.1 Å². The van der Waals surface area contributed by atoms with E-state index < -0.39 is 10.0 Å². The summed E-state index contributed by atoms with van der Waals surface area (Å²) in [6.07, 6.45) is 3.87. The van der Waals surface area contributed by atoms with E-state index in [4.69, 9.17) is 0 Å². The van der Waals surface area contributed by atoms with Gasteiger partial charge >= 0.3 is 0 Å². The molecule has 0 spiro atoms. The van der Waals surface area contributed by atoms with Gasteiger partial charge in [0, 0.05) is 45.3 Å². The molecule has 0 radical (unpaired) electrons. The van der Waals surface area contributed by atoms with Gasteiger partial charge < -0.3 is 9.47 Å². The van der Waals surface area contributed by atoms with Crippen LogP contribution in [0.3, 0.4) is 0 Å². The smallest absolute Gasteiger partial charge is 0.209 e. The van der Waals surface area contributed by atoms with Gasteiger partial charge in [-0.3, -0.25) is 4.90 Å². The zero-order valence-corrected chi connectivity index (χ0v) is 13.9. The number of hydrogen-bond acceptors (Lipinski definition) is 5. The minimum atomic E-state index is -3.17. The molecule has 0 unspecified atom stereocenters. The van der Waals surface area contributed by atoms with E-state index in [2.05, 4.69) is 38.2 Å². The summed E-state index contributed by atoms with van der Waals surface area (Å²) in [6, 6.07) is 0. The summed E-state index contributed by atoms with van der Waals surface area (Å²) >= 11 is 0. The molecule has 8 heteroatoms. The van der Waals surface area contributed by atoms with Gasteiger partial charge in [-0.05, 0) is 14.1 Å². The maximum Gasteiger partial charge on any atom is 0.209 e. The SMILES string of the molecule is CN(C)CCN1CCc2ncc(CNS(C)(=O)=O)n2CC1. The van der Waals surface area contributed by atoms with Crippen LogP contribution in [0.1, 0.15) is 11.5 Å². The number of hydrogen-bond donors (Lipinski definition) is 1. The molecule has 21 heavy (non-hydrogen) atoms. The van der Waals surface area contributed by atoms with Crippen LogP contribution < -0.4 is 4.72 Å². The molecule has 0 saturated heterocycles. The first kappa shape index (κ1) is 16.4. The first-order chi connectivity index (χ1) is 9.85. The van der Waals surface area contributed by atoms with Crippen molar-refractivity contribution in [2.24, 2.45) is 0 Å². The minimum absolute atomic E-state index is 0.309. The van der Waals surface area contributed by atoms with Crippen molar-refractivity contribution >= 4 is 10.0 Å². The van der Waals surface area contributed by atoms with Crippen LogP contribution in [0.4, 0.5) is 0 Å². The van der Waals surface area contributed by atoms with Crippen molar-refractivity contribution in [2.75, 3.05) is 46.5 Å². The molecule has 0 aliphatic carbocycles. The first-order valence-corrected chi connectivity index (χ1v) is 9.09. The molecule has 0 amide bonds. The summed E-state index contributed by atoms with van der Waals surface area (Å²) in [4.78, 5) is 9.06. The van der Waals surface area contributed by atoms with Crippen LogP contribution in [0.15, 0.2) is 6.20 Å². The van der Waals surface area contributed by atoms with Gasteiger partial charge in [0.05, 0.1) is 18.5 Å². The summed E-state index contributed by atoms with van der Waals surface area (Å²) in [5.74, 6) is 1.05. The number of imidazole rings is 1. The summed E-state index contributed by atoms with van der Waals surface area (Å²) < 4.78 is 27.1. The summed E-state index contributed by atoms with van der Waals surface area (Å²) in [7, 11) is 0.991. The zero-order valence-electron chi connectivity index (χ0n) is 13.0. The van der Waals surface area contributed by atoms with Crippen molar-refractivity contribution in [3.05, 3.63) is 17.7 Å². The van der Waals surface area contributed by atoms with E-state index in [1.807, 2.05) is 0 Å². The topological polar surface area (TPSA) is 70.5 Å². The standard InChI is InChI=1S/C13H25N5O2S/c1-16(2)6-7-17-5-4-13-14-10-12(18(13)9-8-17)11-15-21(3,19)20/h10,15H,4-9,11H2,1-3H3. The Balaban J connectivity index is 1.97. The maximum atomic E-state index is 11.2. The van der Waals surface area contributed by atoms with Crippen LogP contribution in [-0.4, -0.2) is 74.3 Å². The molecule has 1 aromatic heterocycles. The molecule has 0 bridgehead atoms. The number of likely N-dealkylation sites (N-methyl/N-ethyl adjacent to an activating group) is 1. The summed E-state index contributed by atoms with van der Waals surface area (Å²) in [5, 5.41) is 0. The predicted octanol–water partition coefficient (Wildman–Crippen LogP) is -0.648. The van der Waals surface area contributed by atoms with Crippen molar-refractivity contribution < 1.29 is 8.42 Å². The quantitative estimate of drug-likeness (QED) is 0.755.